The number of nitrogens with zero attached hydrogens (tertiary/aromatic N) is 2. The van der Waals surface area contributed by atoms with Gasteiger partial charge in [-0.05, 0) is 35.9 Å². The normalized spacial score (nSPS) is 18.5. The summed E-state index contributed by atoms with van der Waals surface area (Å²) >= 11 is 6.42. The fraction of sp³-hybridized carbons (Fsp3) is 0.258. The van der Waals surface area contributed by atoms with Crippen molar-refractivity contribution in [2.75, 3.05) is 43.0 Å². The van der Waals surface area contributed by atoms with E-state index in [-0.39, 0.29) is 11.8 Å². The highest BCUT2D eigenvalue weighted by molar-refractivity contribution is 6.30. The summed E-state index contributed by atoms with van der Waals surface area (Å²) in [5.74, 6) is 0.568. The summed E-state index contributed by atoms with van der Waals surface area (Å²) in [7, 11) is 0. The van der Waals surface area contributed by atoms with Gasteiger partial charge >= 0.3 is 0 Å². The molecule has 2 aliphatic rings. The summed E-state index contributed by atoms with van der Waals surface area (Å²) in [4.78, 5) is 32.4. The van der Waals surface area contributed by atoms with Gasteiger partial charge in [0, 0.05) is 65.8 Å². The highest BCUT2D eigenvalue weighted by Crippen LogP contribution is 2.41. The summed E-state index contributed by atoms with van der Waals surface area (Å²) in [6, 6.07) is 21.5. The lowest BCUT2D eigenvalue weighted by atomic mass is 9.74. The van der Waals surface area contributed by atoms with E-state index in [1.54, 1.807) is 18.5 Å². The van der Waals surface area contributed by atoms with E-state index in [1.807, 2.05) is 48.5 Å². The quantitative estimate of drug-likeness (QED) is 0.315. The number of aromatic nitrogens is 1. The minimum atomic E-state index is -0.906. The molecule has 3 N–H and O–H groups in total. The summed E-state index contributed by atoms with van der Waals surface area (Å²) in [6.45, 7) is 3.18. The maximum Gasteiger partial charge on any atom is 0.239 e. The zero-order valence-corrected chi connectivity index (χ0v) is 22.7. The lowest BCUT2D eigenvalue weighted by Gasteiger charge is -2.38. The molecule has 1 fully saturated rings. The number of benzene rings is 3. The smallest absolute Gasteiger partial charge is 0.239 e. The van der Waals surface area contributed by atoms with Crippen LogP contribution < -0.4 is 25.6 Å². The van der Waals surface area contributed by atoms with Crippen molar-refractivity contribution >= 4 is 45.6 Å². The lowest BCUT2D eigenvalue weighted by Crippen LogP contribution is -2.50. The van der Waals surface area contributed by atoms with E-state index < -0.39 is 5.41 Å². The van der Waals surface area contributed by atoms with Gasteiger partial charge in [0.25, 0.3) is 0 Å². The summed E-state index contributed by atoms with van der Waals surface area (Å²) in [5.41, 5.74) is 2.63. The first-order valence-electron chi connectivity index (χ1n) is 13.4. The van der Waals surface area contributed by atoms with Crippen LogP contribution >= 0.6 is 11.6 Å². The second-order valence-corrected chi connectivity index (χ2v) is 10.7. The number of fused-ring (bicyclic) bond motifs is 2. The Kier molecular flexibility index (Phi) is 7.28. The number of amides is 2. The Balaban J connectivity index is 1.24. The van der Waals surface area contributed by atoms with Gasteiger partial charge in [-0.15, -0.1) is 0 Å². The Bertz CT molecular complexity index is 1560. The minimum Gasteiger partial charge on any atom is -0.493 e. The van der Waals surface area contributed by atoms with E-state index in [9.17, 15) is 9.59 Å². The maximum atomic E-state index is 14.2. The molecular weight excluding hydrogens is 526 g/mol. The lowest BCUT2D eigenvalue weighted by molar-refractivity contribution is -0.122. The molecule has 0 bridgehead atoms. The molecule has 1 unspecified atom stereocenters. The first kappa shape index (κ1) is 26.1. The van der Waals surface area contributed by atoms with Crippen LogP contribution in [0, 0.1) is 0 Å². The van der Waals surface area contributed by atoms with Crippen LogP contribution in [0.2, 0.25) is 5.02 Å². The predicted molar refractivity (Wildman–Crippen MR) is 157 cm³/mol. The fourth-order valence-corrected chi connectivity index (χ4v) is 5.71. The molecule has 4 aromatic rings. The van der Waals surface area contributed by atoms with Gasteiger partial charge < -0.3 is 25.6 Å². The first-order chi connectivity index (χ1) is 19.5. The number of hydrogen-bond acceptors (Lipinski definition) is 6. The number of anilines is 2. The van der Waals surface area contributed by atoms with Crippen molar-refractivity contribution < 1.29 is 14.3 Å². The number of piperazine rings is 1. The molecule has 1 saturated heterocycles. The van der Waals surface area contributed by atoms with Gasteiger partial charge in [-0.2, -0.15) is 0 Å². The number of ether oxygens (including phenoxy) is 1. The average Bonchev–Trinajstić information content (AvgIpc) is 2.98. The second-order valence-electron chi connectivity index (χ2n) is 10.2. The van der Waals surface area contributed by atoms with Crippen molar-refractivity contribution in [2.45, 2.75) is 18.4 Å². The fourth-order valence-electron chi connectivity index (χ4n) is 5.53. The van der Waals surface area contributed by atoms with Crippen LogP contribution in [0.15, 0.2) is 79.1 Å². The molecular formula is C31H30ClN5O3. The summed E-state index contributed by atoms with van der Waals surface area (Å²) < 4.78 is 5.94. The monoisotopic (exact) mass is 555 g/mol. The van der Waals surface area contributed by atoms with Crippen molar-refractivity contribution in [2.24, 2.45) is 0 Å². The van der Waals surface area contributed by atoms with E-state index in [0.717, 1.165) is 34.1 Å². The summed E-state index contributed by atoms with van der Waals surface area (Å²) in [5, 5.41) is 12.0. The SMILES string of the molecule is O=C1CN(c2ccc(CNCC3(C(=O)Nc4cncc5ccccc45)CCOc4ccc(Cl)cc43)cc2)CCN1. The van der Waals surface area contributed by atoms with Crippen molar-refractivity contribution in [1.82, 2.24) is 15.6 Å². The van der Waals surface area contributed by atoms with E-state index in [0.29, 0.717) is 55.7 Å². The van der Waals surface area contributed by atoms with Gasteiger partial charge in [0.2, 0.25) is 11.8 Å². The molecule has 1 atom stereocenters. The Morgan fingerprint density at radius 1 is 1.10 bits per heavy atom. The number of carbonyl (C=O) groups excluding carboxylic acids is 2. The number of nitrogens with one attached hydrogen (secondary N) is 3. The number of hydrogen-bond donors (Lipinski definition) is 3. The molecule has 0 aliphatic carbocycles. The Morgan fingerprint density at radius 2 is 1.95 bits per heavy atom. The van der Waals surface area contributed by atoms with Gasteiger partial charge in [-0.3, -0.25) is 14.6 Å². The van der Waals surface area contributed by atoms with Crippen molar-refractivity contribution in [3.63, 3.8) is 0 Å². The zero-order valence-electron chi connectivity index (χ0n) is 22.0. The van der Waals surface area contributed by atoms with Crippen LogP contribution in [0.25, 0.3) is 10.8 Å². The number of halogens is 1. The molecule has 0 spiro atoms. The third kappa shape index (κ3) is 5.20. The first-order valence-corrected chi connectivity index (χ1v) is 13.8. The topological polar surface area (TPSA) is 95.6 Å². The largest absolute Gasteiger partial charge is 0.493 e. The van der Waals surface area contributed by atoms with Crippen molar-refractivity contribution in [1.29, 1.82) is 0 Å². The van der Waals surface area contributed by atoms with Gasteiger partial charge in [0.15, 0.2) is 0 Å². The molecule has 0 saturated carbocycles. The van der Waals surface area contributed by atoms with E-state index >= 15 is 0 Å². The number of rotatable bonds is 7. The van der Waals surface area contributed by atoms with E-state index in [4.69, 9.17) is 16.3 Å². The highest BCUT2D eigenvalue weighted by atomic mass is 35.5. The van der Waals surface area contributed by atoms with Crippen LogP contribution in [-0.4, -0.2) is 49.6 Å². The highest BCUT2D eigenvalue weighted by Gasteiger charge is 2.44. The van der Waals surface area contributed by atoms with Gasteiger partial charge in [0.05, 0.1) is 30.5 Å². The van der Waals surface area contributed by atoms with Crippen LogP contribution in [-0.2, 0) is 21.5 Å². The number of pyridine rings is 1. The van der Waals surface area contributed by atoms with E-state index in [1.165, 1.54) is 0 Å². The van der Waals surface area contributed by atoms with Crippen LogP contribution in [0.3, 0.4) is 0 Å². The van der Waals surface area contributed by atoms with Gasteiger partial charge in [0.1, 0.15) is 5.75 Å². The Hall–Kier alpha value is -4.14. The Morgan fingerprint density at radius 3 is 2.80 bits per heavy atom. The third-order valence-corrected chi connectivity index (χ3v) is 7.93. The molecule has 3 aromatic carbocycles. The van der Waals surface area contributed by atoms with Crippen molar-refractivity contribution in [3.05, 3.63) is 95.3 Å². The standard InChI is InChI=1S/C31H30ClN5O3/c32-23-7-10-28-26(15-23)31(11-14-40-28,30(39)36-27-18-33-17-22-3-1-2-4-25(22)27)20-34-16-21-5-8-24(9-6-21)37-13-12-35-29(38)19-37/h1-10,15,17-18,34H,11-14,16,19-20H2,(H,35,38)(H,36,39). The molecule has 1 aromatic heterocycles. The molecule has 0 radical (unpaired) electrons. The minimum absolute atomic E-state index is 0.0386. The molecule has 40 heavy (non-hydrogen) atoms. The van der Waals surface area contributed by atoms with Gasteiger partial charge in [-0.1, -0.05) is 48.0 Å². The molecule has 8 nitrogen and oxygen atoms in total. The predicted octanol–water partition coefficient (Wildman–Crippen LogP) is 4.27. The molecule has 2 aliphatic heterocycles. The molecule has 6 rings (SSSR count). The van der Waals surface area contributed by atoms with Crippen LogP contribution in [0.4, 0.5) is 11.4 Å². The summed E-state index contributed by atoms with van der Waals surface area (Å²) in [6.07, 6.45) is 3.97. The molecule has 3 heterocycles. The second kappa shape index (κ2) is 11.2. The van der Waals surface area contributed by atoms with Gasteiger partial charge in [-0.25, -0.2) is 0 Å². The molecule has 2 amide bonds. The van der Waals surface area contributed by atoms with Crippen LogP contribution in [0.5, 0.6) is 5.75 Å². The van der Waals surface area contributed by atoms with Crippen LogP contribution in [0.1, 0.15) is 17.5 Å². The van der Waals surface area contributed by atoms with E-state index in [2.05, 4.69) is 38.0 Å². The maximum absolute atomic E-state index is 14.2. The molecule has 204 valence electrons. The Labute approximate surface area is 237 Å². The van der Waals surface area contributed by atoms with Crippen molar-refractivity contribution in [3.8, 4) is 5.75 Å². The zero-order chi connectivity index (χ0) is 27.5. The average molecular weight is 556 g/mol. The molecule has 9 heteroatoms. The number of carbonyl (C=O) groups is 2. The third-order valence-electron chi connectivity index (χ3n) is 7.69.